The number of rotatable bonds is 3. The Kier molecular flexibility index (Phi) is 3.77. The molecule has 0 radical (unpaired) electrons. The fraction of sp³-hybridized carbons (Fsp3) is 0.125. The molecular formula is C16H13FN2O2S. The van der Waals surface area contributed by atoms with Gasteiger partial charge in [0.15, 0.2) is 0 Å². The second-order valence-corrected chi connectivity index (χ2v) is 5.91. The van der Waals surface area contributed by atoms with Gasteiger partial charge < -0.3 is 5.32 Å². The van der Waals surface area contributed by atoms with Gasteiger partial charge in [-0.3, -0.25) is 13.5 Å². The number of hydrogen-bond acceptors (Lipinski definition) is 3. The molecule has 0 saturated heterocycles. The fourth-order valence-electron chi connectivity index (χ4n) is 2.13. The van der Waals surface area contributed by atoms with Gasteiger partial charge in [-0.05, 0) is 43.3 Å². The van der Waals surface area contributed by atoms with Crippen LogP contribution in [0.4, 0.5) is 10.1 Å². The Balaban J connectivity index is 1.87. The number of anilines is 1. The molecule has 1 aromatic heterocycles. The van der Waals surface area contributed by atoms with Crippen molar-refractivity contribution in [3.8, 4) is 0 Å². The average Bonchev–Trinajstić information content (AvgIpc) is 2.86. The van der Waals surface area contributed by atoms with Gasteiger partial charge in [0.1, 0.15) is 11.9 Å². The number of aromatic nitrogens is 1. The third kappa shape index (κ3) is 2.65. The maximum atomic E-state index is 12.9. The number of nitrogens with zero attached hydrogens (tertiary/aromatic N) is 1. The Morgan fingerprint density at radius 1 is 1.18 bits per heavy atom. The summed E-state index contributed by atoms with van der Waals surface area (Å²) in [6.45, 7) is 1.66. The summed E-state index contributed by atoms with van der Waals surface area (Å²) in [5, 5.41) is 3.29. The van der Waals surface area contributed by atoms with Gasteiger partial charge in [-0.2, -0.15) is 0 Å². The van der Waals surface area contributed by atoms with E-state index in [1.54, 1.807) is 19.1 Å². The molecule has 0 aliphatic rings. The number of carbonyl (C=O) groups excluding carboxylic acids is 1. The zero-order valence-corrected chi connectivity index (χ0v) is 12.6. The maximum Gasteiger partial charge on any atom is 0.269 e. The molecule has 0 aliphatic carbocycles. The molecule has 0 saturated carbocycles. The van der Waals surface area contributed by atoms with Gasteiger partial charge in [-0.25, -0.2) is 4.39 Å². The number of amides is 1. The summed E-state index contributed by atoms with van der Waals surface area (Å²) in [5.74, 6) is -0.688. The minimum Gasteiger partial charge on any atom is -0.324 e. The zero-order chi connectivity index (χ0) is 15.7. The topological polar surface area (TPSA) is 51.1 Å². The Bertz CT molecular complexity index is 883. The summed E-state index contributed by atoms with van der Waals surface area (Å²) < 4.78 is 15.2. The third-order valence-electron chi connectivity index (χ3n) is 3.36. The van der Waals surface area contributed by atoms with Gasteiger partial charge in [0.2, 0.25) is 5.91 Å². The molecule has 22 heavy (non-hydrogen) atoms. The summed E-state index contributed by atoms with van der Waals surface area (Å²) in [4.78, 5) is 24.6. The maximum absolute atomic E-state index is 12.9. The molecule has 4 nitrogen and oxygen atoms in total. The second kappa shape index (κ2) is 5.73. The first-order valence-electron chi connectivity index (χ1n) is 6.73. The van der Waals surface area contributed by atoms with E-state index in [0.29, 0.717) is 11.1 Å². The van der Waals surface area contributed by atoms with Crippen LogP contribution in [0.3, 0.4) is 0 Å². The van der Waals surface area contributed by atoms with Crippen LogP contribution in [0.15, 0.2) is 53.3 Å². The van der Waals surface area contributed by atoms with Crippen LogP contribution in [0.1, 0.15) is 13.0 Å². The van der Waals surface area contributed by atoms with E-state index >= 15 is 0 Å². The summed E-state index contributed by atoms with van der Waals surface area (Å²) >= 11 is 1.26. The van der Waals surface area contributed by atoms with Crippen LogP contribution in [0.25, 0.3) is 10.1 Å². The number of nitrogens with one attached hydrogen (secondary N) is 1. The largest absolute Gasteiger partial charge is 0.324 e. The van der Waals surface area contributed by atoms with Crippen molar-refractivity contribution in [2.24, 2.45) is 0 Å². The van der Waals surface area contributed by atoms with Crippen molar-refractivity contribution < 1.29 is 9.18 Å². The van der Waals surface area contributed by atoms with E-state index < -0.39 is 6.04 Å². The molecule has 2 aromatic carbocycles. The molecule has 3 aromatic rings. The lowest BCUT2D eigenvalue weighted by Crippen LogP contribution is -2.28. The van der Waals surface area contributed by atoms with E-state index in [9.17, 15) is 14.0 Å². The van der Waals surface area contributed by atoms with Crippen LogP contribution in [0.5, 0.6) is 0 Å². The van der Waals surface area contributed by atoms with Crippen LogP contribution in [-0.2, 0) is 4.79 Å². The number of halogens is 1. The first-order valence-corrected chi connectivity index (χ1v) is 7.50. The third-order valence-corrected chi connectivity index (χ3v) is 4.59. The van der Waals surface area contributed by atoms with Gasteiger partial charge in [-0.15, -0.1) is 0 Å². The highest BCUT2D eigenvalue weighted by Gasteiger charge is 2.19. The lowest BCUT2D eigenvalue weighted by Gasteiger charge is -2.12. The van der Waals surface area contributed by atoms with Gasteiger partial charge >= 0.3 is 0 Å². The van der Waals surface area contributed by atoms with Crippen molar-refractivity contribution >= 4 is 33.2 Å². The molecule has 1 N–H and O–H groups in total. The van der Waals surface area contributed by atoms with E-state index in [1.807, 2.05) is 12.1 Å². The fourth-order valence-corrected chi connectivity index (χ4v) is 3.17. The normalized spacial score (nSPS) is 12.3. The van der Waals surface area contributed by atoms with Crippen LogP contribution in [0.2, 0.25) is 0 Å². The number of hydrogen-bond donors (Lipinski definition) is 1. The molecule has 1 heterocycles. The predicted molar refractivity (Wildman–Crippen MR) is 85.8 cm³/mol. The predicted octanol–water partition coefficient (Wildman–Crippen LogP) is 3.40. The summed E-state index contributed by atoms with van der Waals surface area (Å²) in [5.41, 5.74) is 0.315. The van der Waals surface area contributed by atoms with Gasteiger partial charge in [-0.1, -0.05) is 23.7 Å². The highest BCUT2D eigenvalue weighted by molar-refractivity contribution is 7.14. The molecule has 0 fully saturated rings. The van der Waals surface area contributed by atoms with Crippen molar-refractivity contribution in [3.63, 3.8) is 0 Å². The van der Waals surface area contributed by atoms with Crippen molar-refractivity contribution in [3.05, 3.63) is 64.7 Å². The molecule has 1 atom stereocenters. The van der Waals surface area contributed by atoms with E-state index in [2.05, 4.69) is 5.32 Å². The van der Waals surface area contributed by atoms with Crippen LogP contribution in [0, 0.1) is 5.82 Å². The number of fused-ring (bicyclic) bond motifs is 1. The van der Waals surface area contributed by atoms with Crippen molar-refractivity contribution in [1.29, 1.82) is 0 Å². The molecule has 1 amide bonds. The Labute approximate surface area is 130 Å². The van der Waals surface area contributed by atoms with E-state index in [-0.39, 0.29) is 17.3 Å². The summed E-state index contributed by atoms with van der Waals surface area (Å²) in [6.07, 6.45) is 0. The van der Waals surface area contributed by atoms with E-state index in [0.717, 1.165) is 4.70 Å². The lowest BCUT2D eigenvalue weighted by molar-refractivity contribution is -0.118. The molecule has 1 unspecified atom stereocenters. The van der Waals surface area contributed by atoms with E-state index in [4.69, 9.17) is 0 Å². The van der Waals surface area contributed by atoms with Gasteiger partial charge in [0.25, 0.3) is 5.56 Å². The number of benzene rings is 2. The standard InChI is InChI=1S/C16H13FN2O2S/c1-10(15(20)18-12-8-6-11(17)7-9-12)19-16(21)13-4-2-3-5-14(13)22-19/h2-10H,1H3,(H,18,20). The SMILES string of the molecule is CC(C(=O)Nc1ccc(F)cc1)n1sc2ccccc2c1=O. The molecule has 0 aliphatic heterocycles. The van der Waals surface area contributed by atoms with Crippen LogP contribution < -0.4 is 10.9 Å². The monoisotopic (exact) mass is 316 g/mol. The summed E-state index contributed by atoms with van der Waals surface area (Å²) in [6, 6.07) is 12.1. The van der Waals surface area contributed by atoms with E-state index in [1.165, 1.54) is 39.8 Å². The smallest absolute Gasteiger partial charge is 0.269 e. The molecule has 3 rings (SSSR count). The quantitative estimate of drug-likeness (QED) is 0.805. The van der Waals surface area contributed by atoms with Crippen LogP contribution in [-0.4, -0.2) is 9.86 Å². The zero-order valence-electron chi connectivity index (χ0n) is 11.7. The number of carbonyl (C=O) groups is 1. The molecule has 112 valence electrons. The second-order valence-electron chi connectivity index (χ2n) is 4.89. The van der Waals surface area contributed by atoms with Crippen LogP contribution >= 0.6 is 11.5 Å². The minimum atomic E-state index is -0.644. The van der Waals surface area contributed by atoms with Crippen molar-refractivity contribution in [2.45, 2.75) is 13.0 Å². The Morgan fingerprint density at radius 3 is 2.55 bits per heavy atom. The summed E-state index contributed by atoms with van der Waals surface area (Å²) in [7, 11) is 0. The average molecular weight is 316 g/mol. The highest BCUT2D eigenvalue weighted by atomic mass is 32.1. The van der Waals surface area contributed by atoms with Gasteiger partial charge in [0, 0.05) is 5.69 Å². The molecule has 6 heteroatoms. The van der Waals surface area contributed by atoms with Crippen molar-refractivity contribution in [1.82, 2.24) is 3.96 Å². The first-order chi connectivity index (χ1) is 10.6. The highest BCUT2D eigenvalue weighted by Crippen LogP contribution is 2.20. The Hall–Kier alpha value is -2.47. The molecular weight excluding hydrogens is 303 g/mol. The lowest BCUT2D eigenvalue weighted by atomic mass is 10.2. The van der Waals surface area contributed by atoms with Gasteiger partial charge in [0.05, 0.1) is 10.1 Å². The first kappa shape index (κ1) is 14.5. The minimum absolute atomic E-state index is 0.178. The Morgan fingerprint density at radius 2 is 1.86 bits per heavy atom. The van der Waals surface area contributed by atoms with Crippen molar-refractivity contribution in [2.75, 3.05) is 5.32 Å². The molecule has 0 spiro atoms. The molecule has 0 bridgehead atoms.